The minimum Gasteiger partial charge on any atom is -0.508 e. The zero-order valence-electron chi connectivity index (χ0n) is 13.3. The maximum absolute atomic E-state index is 9.28. The van der Waals surface area contributed by atoms with Crippen LogP contribution in [0.4, 0.5) is 5.69 Å². The van der Waals surface area contributed by atoms with Crippen LogP contribution in [0, 0.1) is 0 Å². The van der Waals surface area contributed by atoms with Gasteiger partial charge in [0.25, 0.3) is 0 Å². The third kappa shape index (κ3) is 5.00. The van der Waals surface area contributed by atoms with Gasteiger partial charge in [0.2, 0.25) is 0 Å². The Morgan fingerprint density at radius 1 is 1.00 bits per heavy atom. The Labute approximate surface area is 142 Å². The Morgan fingerprint density at radius 3 is 2.17 bits per heavy atom. The maximum Gasteiger partial charge on any atom is 0.189 e. The number of aromatic hydroxyl groups is 1. The quantitative estimate of drug-likeness (QED) is 0.494. The van der Waals surface area contributed by atoms with E-state index in [1.54, 1.807) is 24.3 Å². The highest BCUT2D eigenvalue weighted by Crippen LogP contribution is 2.17. The number of hydrazine groups is 1. The molecule has 0 unspecified atom stereocenters. The zero-order valence-corrected chi connectivity index (χ0v) is 14.1. The molecule has 2 aromatic rings. The highest BCUT2D eigenvalue weighted by Gasteiger charge is 2.02. The number of nitrogens with one attached hydrogen (secondary N) is 3. The Morgan fingerprint density at radius 2 is 1.61 bits per heavy atom. The van der Waals surface area contributed by atoms with E-state index in [0.29, 0.717) is 16.7 Å². The zero-order chi connectivity index (χ0) is 16.8. The predicted octanol–water partition coefficient (Wildman–Crippen LogP) is 3.98. The average Bonchev–Trinajstić information content (AvgIpc) is 2.54. The van der Waals surface area contributed by atoms with Crippen LogP contribution in [-0.2, 0) is 0 Å². The maximum atomic E-state index is 9.28. The van der Waals surface area contributed by atoms with Gasteiger partial charge in [-0.25, -0.2) is 0 Å². The topological polar surface area (TPSA) is 56.3 Å². The first-order valence-corrected chi connectivity index (χ1v) is 7.78. The van der Waals surface area contributed by atoms with E-state index >= 15 is 0 Å². The van der Waals surface area contributed by atoms with Gasteiger partial charge in [0.15, 0.2) is 5.11 Å². The summed E-state index contributed by atoms with van der Waals surface area (Å²) in [5.41, 5.74) is 9.55. The van der Waals surface area contributed by atoms with Crippen molar-refractivity contribution in [3.63, 3.8) is 0 Å². The minimum absolute atomic E-state index is 0.219. The smallest absolute Gasteiger partial charge is 0.189 e. The number of phenols is 1. The van der Waals surface area contributed by atoms with E-state index in [2.05, 4.69) is 48.7 Å². The van der Waals surface area contributed by atoms with Crippen LogP contribution in [0.15, 0.2) is 55.1 Å². The van der Waals surface area contributed by atoms with Crippen LogP contribution in [0.3, 0.4) is 0 Å². The van der Waals surface area contributed by atoms with Gasteiger partial charge in [-0.15, -0.1) is 0 Å². The highest BCUT2D eigenvalue weighted by molar-refractivity contribution is 7.80. The summed E-state index contributed by atoms with van der Waals surface area (Å²) in [6, 6.07) is 14.9. The lowest BCUT2D eigenvalue weighted by molar-refractivity contribution is 0.475. The third-order valence-electron chi connectivity index (χ3n) is 3.38. The summed E-state index contributed by atoms with van der Waals surface area (Å²) in [5.74, 6) is 0.723. The number of hydrogen-bond acceptors (Lipinski definition) is 3. The van der Waals surface area contributed by atoms with E-state index in [0.717, 1.165) is 11.3 Å². The van der Waals surface area contributed by atoms with Gasteiger partial charge in [0.05, 0.1) is 5.70 Å². The SMILES string of the molecule is C=C(NNC(=S)Nc1ccc(C(C)C)cc1)c1ccc(O)cc1. The van der Waals surface area contributed by atoms with Crippen LogP contribution in [0.5, 0.6) is 5.75 Å². The minimum atomic E-state index is 0.219. The fourth-order valence-corrected chi connectivity index (χ4v) is 2.15. The monoisotopic (exact) mass is 327 g/mol. The molecule has 5 heteroatoms. The molecule has 0 atom stereocenters. The summed E-state index contributed by atoms with van der Waals surface area (Å²) in [7, 11) is 0. The largest absolute Gasteiger partial charge is 0.508 e. The van der Waals surface area contributed by atoms with Crippen LogP contribution >= 0.6 is 12.2 Å². The first-order valence-electron chi connectivity index (χ1n) is 7.37. The Balaban J connectivity index is 1.85. The third-order valence-corrected chi connectivity index (χ3v) is 3.58. The molecule has 0 bridgehead atoms. The summed E-state index contributed by atoms with van der Waals surface area (Å²) >= 11 is 5.24. The van der Waals surface area contributed by atoms with Crippen LogP contribution in [-0.4, -0.2) is 10.2 Å². The summed E-state index contributed by atoms with van der Waals surface area (Å²) in [6.07, 6.45) is 0. The molecule has 0 heterocycles. The molecule has 0 aliphatic heterocycles. The molecule has 0 aliphatic carbocycles. The second-order valence-electron chi connectivity index (χ2n) is 5.51. The van der Waals surface area contributed by atoms with Crippen LogP contribution in [0.1, 0.15) is 30.9 Å². The van der Waals surface area contributed by atoms with Crippen molar-refractivity contribution in [2.45, 2.75) is 19.8 Å². The second kappa shape index (κ2) is 7.65. The van der Waals surface area contributed by atoms with Gasteiger partial charge in [-0.05, 0) is 65.7 Å². The molecular weight excluding hydrogens is 306 g/mol. The molecule has 4 N–H and O–H groups in total. The number of benzene rings is 2. The molecule has 0 amide bonds. The Bertz CT molecular complexity index is 678. The van der Waals surface area contributed by atoms with Crippen LogP contribution in [0.25, 0.3) is 5.70 Å². The average molecular weight is 327 g/mol. The van der Waals surface area contributed by atoms with Crippen molar-refractivity contribution >= 4 is 28.7 Å². The number of phenolic OH excluding ortho intramolecular Hbond substituents is 1. The predicted molar refractivity (Wildman–Crippen MR) is 100 cm³/mol. The standard InChI is InChI=1S/C18H21N3OS/c1-12(2)14-4-8-16(9-5-14)19-18(23)21-20-13(3)15-6-10-17(22)11-7-15/h4-12,20,22H,3H2,1-2H3,(H2,19,21,23). The molecule has 0 aromatic heterocycles. The molecule has 2 rings (SSSR count). The molecule has 0 aliphatic rings. The van der Waals surface area contributed by atoms with Crippen molar-refractivity contribution in [3.8, 4) is 5.75 Å². The van der Waals surface area contributed by atoms with E-state index < -0.39 is 0 Å². The van der Waals surface area contributed by atoms with Crippen molar-refractivity contribution in [1.29, 1.82) is 0 Å². The van der Waals surface area contributed by atoms with Gasteiger partial charge in [-0.2, -0.15) is 0 Å². The first kappa shape index (κ1) is 16.8. The van der Waals surface area contributed by atoms with Crippen molar-refractivity contribution in [2.75, 3.05) is 5.32 Å². The molecule has 4 nitrogen and oxygen atoms in total. The number of rotatable bonds is 5. The fraction of sp³-hybridized carbons (Fsp3) is 0.167. The summed E-state index contributed by atoms with van der Waals surface area (Å²) in [5, 5.41) is 12.8. The molecule has 0 fully saturated rings. The van der Waals surface area contributed by atoms with Crippen molar-refractivity contribution in [2.24, 2.45) is 0 Å². The van der Waals surface area contributed by atoms with Gasteiger partial charge in [-0.3, -0.25) is 10.9 Å². The number of thiocarbonyl (C=S) groups is 1. The van der Waals surface area contributed by atoms with Gasteiger partial charge in [0, 0.05) is 5.69 Å². The molecule has 0 saturated carbocycles. The van der Waals surface area contributed by atoms with E-state index in [9.17, 15) is 5.11 Å². The fourth-order valence-electron chi connectivity index (χ4n) is 1.98. The lowest BCUT2D eigenvalue weighted by Crippen LogP contribution is -2.38. The van der Waals surface area contributed by atoms with Crippen molar-refractivity contribution in [1.82, 2.24) is 10.9 Å². The molecular formula is C18H21N3OS. The summed E-state index contributed by atoms with van der Waals surface area (Å²) in [6.45, 7) is 8.24. The second-order valence-corrected chi connectivity index (χ2v) is 5.91. The molecule has 120 valence electrons. The van der Waals surface area contributed by atoms with E-state index in [1.807, 2.05) is 12.1 Å². The van der Waals surface area contributed by atoms with Crippen molar-refractivity contribution in [3.05, 3.63) is 66.2 Å². The lowest BCUT2D eigenvalue weighted by atomic mass is 10.0. The lowest BCUT2D eigenvalue weighted by Gasteiger charge is -2.15. The number of anilines is 1. The molecule has 0 radical (unpaired) electrons. The van der Waals surface area contributed by atoms with Gasteiger partial charge < -0.3 is 10.4 Å². The van der Waals surface area contributed by atoms with E-state index in [4.69, 9.17) is 12.2 Å². The van der Waals surface area contributed by atoms with Crippen molar-refractivity contribution < 1.29 is 5.11 Å². The first-order chi connectivity index (χ1) is 11.0. The summed E-state index contributed by atoms with van der Waals surface area (Å²) in [4.78, 5) is 0. The number of hydrogen-bond donors (Lipinski definition) is 4. The van der Waals surface area contributed by atoms with Gasteiger partial charge in [-0.1, -0.05) is 32.6 Å². The molecule has 23 heavy (non-hydrogen) atoms. The van der Waals surface area contributed by atoms with Crippen LogP contribution < -0.4 is 16.2 Å². The highest BCUT2D eigenvalue weighted by atomic mass is 32.1. The Hall–Kier alpha value is -2.53. The van der Waals surface area contributed by atoms with Gasteiger partial charge >= 0.3 is 0 Å². The van der Waals surface area contributed by atoms with E-state index in [1.165, 1.54) is 5.56 Å². The molecule has 0 spiro atoms. The van der Waals surface area contributed by atoms with Crippen LogP contribution in [0.2, 0.25) is 0 Å². The van der Waals surface area contributed by atoms with Gasteiger partial charge in [0.1, 0.15) is 5.75 Å². The molecule has 0 saturated heterocycles. The Kier molecular flexibility index (Phi) is 5.60. The van der Waals surface area contributed by atoms with E-state index in [-0.39, 0.29) is 5.75 Å². The summed E-state index contributed by atoms with van der Waals surface area (Å²) < 4.78 is 0. The normalized spacial score (nSPS) is 10.2. The molecule has 2 aromatic carbocycles.